The van der Waals surface area contributed by atoms with Crippen LogP contribution in [0.25, 0.3) is 10.2 Å². The number of thiazole rings is 1. The molecule has 5 aromatic rings. The molecule has 0 saturated heterocycles. The Hall–Kier alpha value is -4.03. The van der Waals surface area contributed by atoms with E-state index in [1.807, 2.05) is 66.7 Å². The Labute approximate surface area is 202 Å². The Bertz CT molecular complexity index is 1420. The first kappa shape index (κ1) is 21.8. The molecule has 5 rings (SSSR count). The monoisotopic (exact) mass is 465 g/mol. The summed E-state index contributed by atoms with van der Waals surface area (Å²) in [7, 11) is 0. The topological polar surface area (TPSA) is 55.3 Å². The second-order valence-electron chi connectivity index (χ2n) is 7.81. The summed E-state index contributed by atoms with van der Waals surface area (Å²) < 4.78 is 7.01. The van der Waals surface area contributed by atoms with Crippen molar-refractivity contribution in [1.29, 1.82) is 0 Å². The van der Waals surface area contributed by atoms with E-state index in [9.17, 15) is 4.79 Å². The van der Waals surface area contributed by atoms with E-state index < -0.39 is 0 Å². The summed E-state index contributed by atoms with van der Waals surface area (Å²) in [5.41, 5.74) is 3.45. The van der Waals surface area contributed by atoms with Crippen molar-refractivity contribution >= 4 is 32.6 Å². The zero-order valence-corrected chi connectivity index (χ0v) is 19.5. The standard InChI is InChI=1S/C28H23N3O2S/c1-2-20-14-15-25-26(17-20)34-28(30-25)31(19-22-10-6-7-16-29-22)27(32)21-9-8-13-24(18-21)33-23-11-4-3-5-12-23/h3-18H,2,19H2,1H3. The first-order chi connectivity index (χ1) is 16.7. The van der Waals surface area contributed by atoms with Crippen LogP contribution in [0, 0.1) is 0 Å². The third-order valence-corrected chi connectivity index (χ3v) is 6.47. The van der Waals surface area contributed by atoms with Crippen molar-refractivity contribution in [1.82, 2.24) is 9.97 Å². The molecule has 168 valence electrons. The summed E-state index contributed by atoms with van der Waals surface area (Å²) in [4.78, 5) is 24.7. The van der Waals surface area contributed by atoms with E-state index in [2.05, 4.69) is 24.0 Å². The van der Waals surface area contributed by atoms with Crippen LogP contribution in [-0.2, 0) is 13.0 Å². The molecular weight excluding hydrogens is 442 g/mol. The van der Waals surface area contributed by atoms with Crippen molar-refractivity contribution in [3.63, 3.8) is 0 Å². The zero-order chi connectivity index (χ0) is 23.3. The van der Waals surface area contributed by atoms with E-state index in [0.29, 0.717) is 23.0 Å². The molecule has 0 fully saturated rings. The number of aromatic nitrogens is 2. The second-order valence-corrected chi connectivity index (χ2v) is 8.82. The first-order valence-corrected chi connectivity index (χ1v) is 12.0. The largest absolute Gasteiger partial charge is 0.457 e. The number of hydrogen-bond acceptors (Lipinski definition) is 5. The van der Waals surface area contributed by atoms with Gasteiger partial charge < -0.3 is 4.74 Å². The Kier molecular flexibility index (Phi) is 6.31. The van der Waals surface area contributed by atoms with Crippen LogP contribution in [0.15, 0.2) is 97.2 Å². The van der Waals surface area contributed by atoms with E-state index in [-0.39, 0.29) is 5.91 Å². The van der Waals surface area contributed by atoms with Gasteiger partial charge in [-0.25, -0.2) is 4.98 Å². The van der Waals surface area contributed by atoms with Crippen LogP contribution >= 0.6 is 11.3 Å². The highest BCUT2D eigenvalue weighted by molar-refractivity contribution is 7.22. The Morgan fingerprint density at radius 2 is 1.74 bits per heavy atom. The Morgan fingerprint density at radius 1 is 0.912 bits per heavy atom. The van der Waals surface area contributed by atoms with Crippen molar-refractivity contribution < 1.29 is 9.53 Å². The molecule has 0 aliphatic rings. The van der Waals surface area contributed by atoms with Crippen LogP contribution in [0.3, 0.4) is 0 Å². The number of hydrogen-bond donors (Lipinski definition) is 0. The molecule has 0 spiro atoms. The van der Waals surface area contributed by atoms with Crippen molar-refractivity contribution in [2.75, 3.05) is 4.90 Å². The molecule has 0 bridgehead atoms. The fraction of sp³-hybridized carbons (Fsp3) is 0.107. The average molecular weight is 466 g/mol. The molecule has 2 aromatic heterocycles. The van der Waals surface area contributed by atoms with Crippen molar-refractivity contribution in [2.24, 2.45) is 0 Å². The number of anilines is 1. The molecule has 0 N–H and O–H groups in total. The van der Waals surface area contributed by atoms with E-state index in [1.165, 1.54) is 16.9 Å². The lowest BCUT2D eigenvalue weighted by Crippen LogP contribution is -2.30. The fourth-order valence-electron chi connectivity index (χ4n) is 3.65. The molecule has 3 aromatic carbocycles. The van der Waals surface area contributed by atoms with Gasteiger partial charge in [0.05, 0.1) is 22.5 Å². The zero-order valence-electron chi connectivity index (χ0n) is 18.7. The minimum absolute atomic E-state index is 0.154. The second kappa shape index (κ2) is 9.85. The van der Waals surface area contributed by atoms with Crippen molar-refractivity contribution in [2.45, 2.75) is 19.9 Å². The molecule has 1 amide bonds. The third kappa shape index (κ3) is 4.82. The maximum Gasteiger partial charge on any atom is 0.260 e. The number of ether oxygens (including phenoxy) is 1. The van der Waals surface area contributed by atoms with E-state index in [1.54, 1.807) is 23.2 Å². The molecule has 0 atom stereocenters. The van der Waals surface area contributed by atoms with Crippen LogP contribution in [0.4, 0.5) is 5.13 Å². The molecule has 0 saturated carbocycles. The minimum atomic E-state index is -0.154. The molecule has 2 heterocycles. The van der Waals surface area contributed by atoms with Gasteiger partial charge in [-0.05, 0) is 66.6 Å². The van der Waals surface area contributed by atoms with Gasteiger partial charge in [0.1, 0.15) is 11.5 Å². The highest BCUT2D eigenvalue weighted by atomic mass is 32.1. The highest BCUT2D eigenvalue weighted by Crippen LogP contribution is 2.32. The SMILES string of the molecule is CCc1ccc2nc(N(Cc3ccccn3)C(=O)c3cccc(Oc4ccccc4)c3)sc2c1. The highest BCUT2D eigenvalue weighted by Gasteiger charge is 2.23. The lowest BCUT2D eigenvalue weighted by Gasteiger charge is -2.20. The molecule has 0 aliphatic carbocycles. The number of carbonyl (C=O) groups excluding carboxylic acids is 1. The number of carbonyl (C=O) groups is 1. The summed E-state index contributed by atoms with van der Waals surface area (Å²) >= 11 is 1.52. The van der Waals surface area contributed by atoms with Gasteiger partial charge in [0, 0.05) is 11.8 Å². The summed E-state index contributed by atoms with van der Waals surface area (Å²) in [6.45, 7) is 2.45. The predicted molar refractivity (Wildman–Crippen MR) is 137 cm³/mol. The van der Waals surface area contributed by atoms with Crippen LogP contribution in [0.5, 0.6) is 11.5 Å². The van der Waals surface area contributed by atoms with Crippen LogP contribution in [0.2, 0.25) is 0 Å². The van der Waals surface area contributed by atoms with Gasteiger partial charge >= 0.3 is 0 Å². The predicted octanol–water partition coefficient (Wildman–Crippen LogP) is 6.89. The average Bonchev–Trinajstić information content (AvgIpc) is 3.31. The van der Waals surface area contributed by atoms with Gasteiger partial charge in [0.25, 0.3) is 5.91 Å². The number of fused-ring (bicyclic) bond motifs is 1. The molecular formula is C28H23N3O2S. The smallest absolute Gasteiger partial charge is 0.260 e. The lowest BCUT2D eigenvalue weighted by atomic mass is 10.2. The molecule has 0 radical (unpaired) electrons. The van der Waals surface area contributed by atoms with Gasteiger partial charge in [0.15, 0.2) is 5.13 Å². The fourth-order valence-corrected chi connectivity index (χ4v) is 4.67. The number of rotatable bonds is 7. The van der Waals surface area contributed by atoms with Crippen molar-refractivity contribution in [3.05, 3.63) is 114 Å². The van der Waals surface area contributed by atoms with Crippen LogP contribution < -0.4 is 9.64 Å². The van der Waals surface area contributed by atoms with Crippen molar-refractivity contribution in [3.8, 4) is 11.5 Å². The maximum atomic E-state index is 13.8. The van der Waals surface area contributed by atoms with E-state index in [0.717, 1.165) is 28.1 Å². The van der Waals surface area contributed by atoms with Gasteiger partial charge in [-0.1, -0.05) is 54.7 Å². The van der Waals surface area contributed by atoms with E-state index >= 15 is 0 Å². The number of pyridine rings is 1. The molecule has 0 unspecified atom stereocenters. The van der Waals surface area contributed by atoms with Crippen LogP contribution in [0.1, 0.15) is 28.5 Å². The summed E-state index contributed by atoms with van der Waals surface area (Å²) in [5.74, 6) is 1.17. The molecule has 6 heteroatoms. The van der Waals surface area contributed by atoms with Gasteiger partial charge in [-0.15, -0.1) is 0 Å². The van der Waals surface area contributed by atoms with E-state index in [4.69, 9.17) is 9.72 Å². The number of para-hydroxylation sites is 1. The number of amides is 1. The Morgan fingerprint density at radius 3 is 2.53 bits per heavy atom. The number of nitrogens with zero attached hydrogens (tertiary/aromatic N) is 3. The molecule has 34 heavy (non-hydrogen) atoms. The summed E-state index contributed by atoms with van der Waals surface area (Å²) in [6.07, 6.45) is 2.69. The maximum absolute atomic E-state index is 13.8. The third-order valence-electron chi connectivity index (χ3n) is 5.43. The first-order valence-electron chi connectivity index (χ1n) is 11.1. The van der Waals surface area contributed by atoms with Crippen LogP contribution in [-0.4, -0.2) is 15.9 Å². The van der Waals surface area contributed by atoms with Gasteiger partial charge in [0.2, 0.25) is 0 Å². The molecule has 5 nitrogen and oxygen atoms in total. The number of aryl methyl sites for hydroxylation is 1. The lowest BCUT2D eigenvalue weighted by molar-refractivity contribution is 0.0984. The van der Waals surface area contributed by atoms with Gasteiger partial charge in [-0.2, -0.15) is 0 Å². The molecule has 0 aliphatic heterocycles. The summed E-state index contributed by atoms with van der Waals surface area (Å²) in [5, 5.41) is 0.647. The quantitative estimate of drug-likeness (QED) is 0.262. The minimum Gasteiger partial charge on any atom is -0.457 e. The number of benzene rings is 3. The Balaban J connectivity index is 1.50. The normalized spacial score (nSPS) is 10.9. The van der Waals surface area contributed by atoms with Gasteiger partial charge in [-0.3, -0.25) is 14.7 Å². The summed E-state index contributed by atoms with van der Waals surface area (Å²) in [6, 6.07) is 28.7.